The second-order valence-electron chi connectivity index (χ2n) is 4.57. The van der Waals surface area contributed by atoms with Gasteiger partial charge in [0.05, 0.1) is 0 Å². The van der Waals surface area contributed by atoms with Crippen LogP contribution in [0.25, 0.3) is 0 Å². The van der Waals surface area contributed by atoms with Crippen LogP contribution in [0.4, 0.5) is 0 Å². The van der Waals surface area contributed by atoms with Gasteiger partial charge in [-0.05, 0) is 35.1 Å². The summed E-state index contributed by atoms with van der Waals surface area (Å²) in [6, 6.07) is 8.00. The molecule has 3 rings (SSSR count). The Morgan fingerprint density at radius 2 is 2.00 bits per heavy atom. The molecule has 1 N–H and O–H groups in total. The van der Waals surface area contributed by atoms with Crippen molar-refractivity contribution < 1.29 is 9.84 Å². The van der Waals surface area contributed by atoms with Crippen LogP contribution in [0.1, 0.15) is 36.2 Å². The molecule has 2 heteroatoms. The Balaban J connectivity index is 2.18. The maximum atomic E-state index is 10.4. The molecule has 0 spiro atoms. The second kappa shape index (κ2) is 4.13. The van der Waals surface area contributed by atoms with E-state index in [-0.39, 0.29) is 6.10 Å². The number of hydrogen-bond donors (Lipinski definition) is 1. The number of hydrogen-bond acceptors (Lipinski definition) is 2. The van der Waals surface area contributed by atoms with Crippen LogP contribution in [0.5, 0.6) is 0 Å². The van der Waals surface area contributed by atoms with E-state index >= 15 is 0 Å². The van der Waals surface area contributed by atoms with Gasteiger partial charge in [-0.25, -0.2) is 0 Å². The van der Waals surface area contributed by atoms with E-state index in [1.54, 1.807) is 7.11 Å². The van der Waals surface area contributed by atoms with Crippen LogP contribution in [0, 0.1) is 0 Å². The average Bonchev–Trinajstić information content (AvgIpc) is 2.40. The molecule has 0 heterocycles. The van der Waals surface area contributed by atoms with E-state index in [0.717, 1.165) is 35.1 Å². The normalized spacial score (nSPS) is 26.7. The molecular formula is C15H16O2. The van der Waals surface area contributed by atoms with Crippen LogP contribution in [0.15, 0.2) is 47.6 Å². The van der Waals surface area contributed by atoms with E-state index in [1.807, 2.05) is 24.3 Å². The number of aliphatic hydroxyl groups excluding tert-OH is 1. The average molecular weight is 228 g/mol. The van der Waals surface area contributed by atoms with E-state index in [1.165, 1.54) is 0 Å². The van der Waals surface area contributed by atoms with Crippen molar-refractivity contribution in [2.75, 3.05) is 7.11 Å². The van der Waals surface area contributed by atoms with Gasteiger partial charge in [-0.2, -0.15) is 0 Å². The van der Waals surface area contributed by atoms with Crippen molar-refractivity contribution >= 4 is 0 Å². The number of rotatable bonds is 1. The molecule has 0 radical (unpaired) electrons. The molecule has 2 aliphatic carbocycles. The predicted molar refractivity (Wildman–Crippen MR) is 66.6 cm³/mol. The van der Waals surface area contributed by atoms with Gasteiger partial charge in [0.15, 0.2) is 0 Å². The molecule has 0 saturated carbocycles. The number of benzene rings is 1. The SMILES string of the molecule is COC1C2=C(CCC=C2)C(O)c2ccccc21. The van der Waals surface area contributed by atoms with Gasteiger partial charge >= 0.3 is 0 Å². The Kier molecular flexibility index (Phi) is 2.61. The van der Waals surface area contributed by atoms with Crippen LogP contribution >= 0.6 is 0 Å². The minimum atomic E-state index is -0.461. The summed E-state index contributed by atoms with van der Waals surface area (Å²) in [5.74, 6) is 0. The Morgan fingerprint density at radius 1 is 1.24 bits per heavy atom. The summed E-state index contributed by atoms with van der Waals surface area (Å²) in [6.45, 7) is 0. The topological polar surface area (TPSA) is 29.5 Å². The van der Waals surface area contributed by atoms with Crippen molar-refractivity contribution in [3.63, 3.8) is 0 Å². The number of aliphatic hydroxyl groups is 1. The third-order valence-electron chi connectivity index (χ3n) is 3.67. The maximum absolute atomic E-state index is 10.4. The summed E-state index contributed by atoms with van der Waals surface area (Å²) >= 11 is 0. The highest BCUT2D eigenvalue weighted by molar-refractivity contribution is 5.50. The minimum absolute atomic E-state index is 0.0267. The molecule has 1 aromatic rings. The van der Waals surface area contributed by atoms with Gasteiger partial charge in [0.2, 0.25) is 0 Å². The lowest BCUT2D eigenvalue weighted by Crippen LogP contribution is -2.20. The predicted octanol–water partition coefficient (Wildman–Crippen LogP) is 3.07. The molecular weight excluding hydrogens is 212 g/mol. The number of fused-ring (bicyclic) bond motifs is 1. The molecule has 17 heavy (non-hydrogen) atoms. The van der Waals surface area contributed by atoms with Crippen molar-refractivity contribution in [2.45, 2.75) is 25.0 Å². The van der Waals surface area contributed by atoms with Gasteiger partial charge in [0.1, 0.15) is 12.2 Å². The van der Waals surface area contributed by atoms with Gasteiger partial charge in [-0.15, -0.1) is 0 Å². The van der Waals surface area contributed by atoms with Gasteiger partial charge in [-0.3, -0.25) is 0 Å². The minimum Gasteiger partial charge on any atom is -0.384 e. The fourth-order valence-corrected chi connectivity index (χ4v) is 2.86. The fourth-order valence-electron chi connectivity index (χ4n) is 2.86. The zero-order valence-corrected chi connectivity index (χ0v) is 9.89. The first-order valence-electron chi connectivity index (χ1n) is 6.02. The zero-order chi connectivity index (χ0) is 11.8. The first kappa shape index (κ1) is 10.8. The third-order valence-corrected chi connectivity index (χ3v) is 3.67. The summed E-state index contributed by atoms with van der Waals surface area (Å²) in [5, 5.41) is 10.4. The lowest BCUT2D eigenvalue weighted by molar-refractivity contribution is 0.117. The quantitative estimate of drug-likeness (QED) is 0.800. The molecule has 2 aliphatic rings. The number of ether oxygens (including phenoxy) is 1. The summed E-state index contributed by atoms with van der Waals surface area (Å²) in [6.07, 6.45) is 5.71. The van der Waals surface area contributed by atoms with Crippen LogP contribution in [-0.4, -0.2) is 12.2 Å². The van der Waals surface area contributed by atoms with Crippen molar-refractivity contribution in [1.82, 2.24) is 0 Å². The maximum Gasteiger partial charge on any atom is 0.108 e. The van der Waals surface area contributed by atoms with Crippen LogP contribution in [-0.2, 0) is 4.74 Å². The highest BCUT2D eigenvalue weighted by atomic mass is 16.5. The van der Waals surface area contributed by atoms with E-state index in [0.29, 0.717) is 0 Å². The van der Waals surface area contributed by atoms with Crippen LogP contribution < -0.4 is 0 Å². The molecule has 1 aromatic carbocycles. The lowest BCUT2D eigenvalue weighted by Gasteiger charge is -2.33. The molecule has 0 aromatic heterocycles. The molecule has 0 fully saturated rings. The molecule has 0 amide bonds. The molecule has 0 bridgehead atoms. The van der Waals surface area contributed by atoms with Gasteiger partial charge in [0.25, 0.3) is 0 Å². The van der Waals surface area contributed by atoms with E-state index in [4.69, 9.17) is 4.74 Å². The van der Waals surface area contributed by atoms with E-state index in [2.05, 4.69) is 12.2 Å². The fraction of sp³-hybridized carbons (Fsp3) is 0.333. The Morgan fingerprint density at radius 3 is 2.76 bits per heavy atom. The monoisotopic (exact) mass is 228 g/mol. The summed E-state index contributed by atoms with van der Waals surface area (Å²) in [7, 11) is 1.73. The van der Waals surface area contributed by atoms with Crippen molar-refractivity contribution in [2.24, 2.45) is 0 Å². The molecule has 2 nitrogen and oxygen atoms in total. The molecule has 2 unspecified atom stereocenters. The first-order valence-corrected chi connectivity index (χ1v) is 6.02. The largest absolute Gasteiger partial charge is 0.384 e. The van der Waals surface area contributed by atoms with Crippen molar-refractivity contribution in [3.05, 3.63) is 58.7 Å². The van der Waals surface area contributed by atoms with Gasteiger partial charge in [0, 0.05) is 7.11 Å². The highest BCUT2D eigenvalue weighted by Gasteiger charge is 2.32. The molecule has 0 saturated heterocycles. The molecule has 2 atom stereocenters. The Hall–Kier alpha value is -1.38. The van der Waals surface area contributed by atoms with Gasteiger partial charge in [-0.1, -0.05) is 36.4 Å². The van der Waals surface area contributed by atoms with E-state index < -0.39 is 6.10 Å². The zero-order valence-electron chi connectivity index (χ0n) is 9.89. The number of methoxy groups -OCH3 is 1. The first-order chi connectivity index (χ1) is 8.33. The van der Waals surface area contributed by atoms with E-state index in [9.17, 15) is 5.11 Å². The summed E-state index contributed by atoms with van der Waals surface area (Å²) < 4.78 is 5.62. The molecule has 88 valence electrons. The Labute approximate surface area is 101 Å². The highest BCUT2D eigenvalue weighted by Crippen LogP contribution is 2.45. The molecule has 0 aliphatic heterocycles. The van der Waals surface area contributed by atoms with Crippen LogP contribution in [0.3, 0.4) is 0 Å². The van der Waals surface area contributed by atoms with Crippen LogP contribution in [0.2, 0.25) is 0 Å². The summed E-state index contributed by atoms with van der Waals surface area (Å²) in [5.41, 5.74) is 4.35. The lowest BCUT2D eigenvalue weighted by atomic mass is 9.78. The van der Waals surface area contributed by atoms with Gasteiger partial charge < -0.3 is 9.84 Å². The number of allylic oxidation sites excluding steroid dienone is 1. The smallest absolute Gasteiger partial charge is 0.108 e. The Bertz CT molecular complexity index is 499. The standard InChI is InChI=1S/C15H16O2/c1-17-15-12-8-4-2-6-10(12)14(16)11-7-3-5-9-13(11)15/h2,4-6,8-9,14-16H,3,7H2,1H3. The van der Waals surface area contributed by atoms with Crippen molar-refractivity contribution in [3.8, 4) is 0 Å². The second-order valence-corrected chi connectivity index (χ2v) is 4.57. The summed E-state index contributed by atoms with van der Waals surface area (Å²) in [4.78, 5) is 0. The third kappa shape index (κ3) is 1.56. The van der Waals surface area contributed by atoms with Crippen molar-refractivity contribution in [1.29, 1.82) is 0 Å².